The predicted molar refractivity (Wildman–Crippen MR) is 53.7 cm³/mol. The number of ether oxygens (including phenoxy) is 1. The fourth-order valence-electron chi connectivity index (χ4n) is 1.70. The van der Waals surface area contributed by atoms with E-state index in [2.05, 4.69) is 4.90 Å². The van der Waals surface area contributed by atoms with E-state index in [4.69, 9.17) is 4.74 Å². The Bertz CT molecular complexity index is 121. The van der Waals surface area contributed by atoms with Crippen molar-refractivity contribution < 1.29 is 9.13 Å². The third kappa shape index (κ3) is 4.05. The highest BCUT2D eigenvalue weighted by atomic mass is 19.1. The average Bonchev–Trinajstić information content (AvgIpc) is 2.52. The molecule has 1 heterocycles. The smallest absolute Gasteiger partial charge is 0.0935 e. The van der Waals surface area contributed by atoms with E-state index in [-0.39, 0.29) is 12.6 Å². The first-order valence-corrected chi connectivity index (χ1v) is 5.03. The Hall–Kier alpha value is -0.150. The van der Waals surface area contributed by atoms with Crippen LogP contribution in [-0.2, 0) is 4.74 Å². The zero-order valence-corrected chi connectivity index (χ0v) is 9.22. The fourth-order valence-corrected chi connectivity index (χ4v) is 1.70. The second-order valence-corrected chi connectivity index (χ2v) is 3.30. The lowest BCUT2D eigenvalue weighted by atomic mass is 10.1. The summed E-state index contributed by atoms with van der Waals surface area (Å²) in [4.78, 5) is 2.17. The first-order chi connectivity index (χ1) is 6.27. The van der Waals surface area contributed by atoms with Gasteiger partial charge in [-0.05, 0) is 13.5 Å². The van der Waals surface area contributed by atoms with Gasteiger partial charge in [0.05, 0.1) is 13.3 Å². The molecular formula is C10H22FNO. The molecule has 0 spiro atoms. The number of methoxy groups -OCH3 is 1. The van der Waals surface area contributed by atoms with Crippen molar-refractivity contribution in [3.05, 3.63) is 0 Å². The van der Waals surface area contributed by atoms with E-state index in [1.54, 1.807) is 7.11 Å². The SMILES string of the molecule is CC.COCC1CC(CF)CN1C. The van der Waals surface area contributed by atoms with Gasteiger partial charge >= 0.3 is 0 Å². The molecule has 1 aliphatic rings. The van der Waals surface area contributed by atoms with Crippen molar-refractivity contribution in [2.75, 3.05) is 34.0 Å². The van der Waals surface area contributed by atoms with Gasteiger partial charge in [-0.1, -0.05) is 13.8 Å². The molecule has 2 atom stereocenters. The maximum Gasteiger partial charge on any atom is 0.0935 e. The molecule has 0 bridgehead atoms. The Morgan fingerprint density at radius 1 is 1.46 bits per heavy atom. The van der Waals surface area contributed by atoms with Crippen molar-refractivity contribution in [3.63, 3.8) is 0 Å². The Labute approximate surface area is 81.1 Å². The van der Waals surface area contributed by atoms with Gasteiger partial charge in [0.2, 0.25) is 0 Å². The minimum absolute atomic E-state index is 0.190. The van der Waals surface area contributed by atoms with Crippen molar-refractivity contribution in [2.24, 2.45) is 5.92 Å². The minimum Gasteiger partial charge on any atom is -0.383 e. The normalized spacial score (nSPS) is 28.4. The van der Waals surface area contributed by atoms with Crippen LogP contribution in [0, 0.1) is 5.92 Å². The molecule has 13 heavy (non-hydrogen) atoms. The number of rotatable bonds is 3. The predicted octanol–water partition coefficient (Wildman–Crippen LogP) is 1.95. The number of halogens is 1. The van der Waals surface area contributed by atoms with Gasteiger partial charge in [0.15, 0.2) is 0 Å². The van der Waals surface area contributed by atoms with Gasteiger partial charge in [-0.3, -0.25) is 4.39 Å². The van der Waals surface area contributed by atoms with E-state index in [0.717, 1.165) is 19.6 Å². The van der Waals surface area contributed by atoms with Crippen LogP contribution in [0.15, 0.2) is 0 Å². The number of hydrogen-bond acceptors (Lipinski definition) is 2. The monoisotopic (exact) mass is 191 g/mol. The third-order valence-corrected chi connectivity index (χ3v) is 2.35. The van der Waals surface area contributed by atoms with E-state index in [9.17, 15) is 4.39 Å². The van der Waals surface area contributed by atoms with Crippen LogP contribution in [0.4, 0.5) is 4.39 Å². The molecule has 1 rings (SSSR count). The number of hydrogen-bond donors (Lipinski definition) is 0. The molecule has 0 N–H and O–H groups in total. The summed E-state index contributed by atoms with van der Waals surface area (Å²) in [5, 5.41) is 0. The van der Waals surface area contributed by atoms with E-state index in [1.165, 1.54) is 0 Å². The third-order valence-electron chi connectivity index (χ3n) is 2.35. The highest BCUT2D eigenvalue weighted by molar-refractivity contribution is 4.82. The summed E-state index contributed by atoms with van der Waals surface area (Å²) in [6.45, 7) is 5.42. The molecule has 0 aromatic carbocycles. The maximum atomic E-state index is 12.2. The second kappa shape index (κ2) is 7.27. The summed E-state index contributed by atoms with van der Waals surface area (Å²) >= 11 is 0. The topological polar surface area (TPSA) is 12.5 Å². The molecule has 1 fully saturated rings. The van der Waals surface area contributed by atoms with Crippen LogP contribution in [-0.4, -0.2) is 44.9 Å². The van der Waals surface area contributed by atoms with Crippen LogP contribution in [0.5, 0.6) is 0 Å². The highest BCUT2D eigenvalue weighted by Crippen LogP contribution is 2.21. The summed E-state index contributed by atoms with van der Waals surface area (Å²) in [6.07, 6.45) is 0.945. The van der Waals surface area contributed by atoms with Crippen LogP contribution in [0.25, 0.3) is 0 Å². The molecule has 0 radical (unpaired) electrons. The van der Waals surface area contributed by atoms with Gasteiger partial charge < -0.3 is 9.64 Å². The van der Waals surface area contributed by atoms with Crippen LogP contribution in [0.2, 0.25) is 0 Å². The number of nitrogens with zero attached hydrogens (tertiary/aromatic N) is 1. The lowest BCUT2D eigenvalue weighted by molar-refractivity contribution is 0.129. The van der Waals surface area contributed by atoms with Crippen molar-refractivity contribution in [1.29, 1.82) is 0 Å². The molecular weight excluding hydrogens is 169 g/mol. The van der Waals surface area contributed by atoms with E-state index >= 15 is 0 Å². The molecule has 2 nitrogen and oxygen atoms in total. The number of alkyl halides is 1. The summed E-state index contributed by atoms with van der Waals surface area (Å²) < 4.78 is 17.2. The molecule has 80 valence electrons. The Kier molecular flexibility index (Phi) is 7.19. The Balaban J connectivity index is 0.000000671. The van der Waals surface area contributed by atoms with Crippen LogP contribution >= 0.6 is 0 Å². The first kappa shape index (κ1) is 12.8. The first-order valence-electron chi connectivity index (χ1n) is 5.03. The molecule has 1 aliphatic heterocycles. The number of likely N-dealkylation sites (tertiary alicyclic amines) is 1. The second-order valence-electron chi connectivity index (χ2n) is 3.30. The van der Waals surface area contributed by atoms with Crippen molar-refractivity contribution in [3.8, 4) is 0 Å². The zero-order chi connectivity index (χ0) is 10.3. The minimum atomic E-state index is -0.190. The van der Waals surface area contributed by atoms with Crippen molar-refractivity contribution >= 4 is 0 Å². The summed E-state index contributed by atoms with van der Waals surface area (Å²) in [7, 11) is 3.72. The van der Waals surface area contributed by atoms with Crippen LogP contribution in [0.1, 0.15) is 20.3 Å². The molecule has 0 aromatic heterocycles. The quantitative estimate of drug-likeness (QED) is 0.676. The van der Waals surface area contributed by atoms with Gasteiger partial charge in [-0.15, -0.1) is 0 Å². The van der Waals surface area contributed by atoms with Gasteiger partial charge in [-0.25, -0.2) is 0 Å². The summed E-state index contributed by atoms with van der Waals surface area (Å²) in [5.41, 5.74) is 0. The lowest BCUT2D eigenvalue weighted by Gasteiger charge is -2.17. The van der Waals surface area contributed by atoms with Crippen molar-refractivity contribution in [2.45, 2.75) is 26.3 Å². The zero-order valence-electron chi connectivity index (χ0n) is 9.22. The van der Waals surface area contributed by atoms with Gasteiger partial charge in [0.1, 0.15) is 0 Å². The van der Waals surface area contributed by atoms with Crippen LogP contribution in [0.3, 0.4) is 0 Å². The molecule has 0 saturated carbocycles. The van der Waals surface area contributed by atoms with E-state index < -0.39 is 0 Å². The number of likely N-dealkylation sites (N-methyl/N-ethyl adjacent to an activating group) is 1. The average molecular weight is 191 g/mol. The molecule has 3 heteroatoms. The van der Waals surface area contributed by atoms with E-state index in [1.807, 2.05) is 20.9 Å². The summed E-state index contributed by atoms with van der Waals surface area (Å²) in [5.74, 6) is 0.236. The van der Waals surface area contributed by atoms with Crippen LogP contribution < -0.4 is 0 Å². The van der Waals surface area contributed by atoms with Gasteiger partial charge in [-0.2, -0.15) is 0 Å². The Morgan fingerprint density at radius 3 is 2.46 bits per heavy atom. The fraction of sp³-hybridized carbons (Fsp3) is 1.00. The summed E-state index contributed by atoms with van der Waals surface area (Å²) in [6, 6.07) is 0.431. The lowest BCUT2D eigenvalue weighted by Crippen LogP contribution is -2.28. The Morgan fingerprint density at radius 2 is 2.08 bits per heavy atom. The highest BCUT2D eigenvalue weighted by Gasteiger charge is 2.28. The van der Waals surface area contributed by atoms with Gasteiger partial charge in [0, 0.05) is 25.6 Å². The maximum absolute atomic E-state index is 12.2. The van der Waals surface area contributed by atoms with E-state index in [0.29, 0.717) is 6.04 Å². The molecule has 0 aromatic rings. The van der Waals surface area contributed by atoms with Crippen molar-refractivity contribution in [1.82, 2.24) is 4.90 Å². The molecule has 1 saturated heterocycles. The molecule has 2 unspecified atom stereocenters. The van der Waals surface area contributed by atoms with Gasteiger partial charge in [0.25, 0.3) is 0 Å². The molecule has 0 aliphatic carbocycles. The largest absolute Gasteiger partial charge is 0.383 e. The molecule has 0 amide bonds. The standard InChI is InChI=1S/C8H16FNO.C2H6/c1-10-5-7(4-9)3-8(10)6-11-2;1-2/h7-8H,3-6H2,1-2H3;1-2H3.